The van der Waals surface area contributed by atoms with Crippen LogP contribution in [0.25, 0.3) is 10.9 Å². The fraction of sp³-hybridized carbons (Fsp3) is 0.348. The van der Waals surface area contributed by atoms with Crippen LogP contribution in [0.3, 0.4) is 0 Å². The Morgan fingerprint density at radius 1 is 1.00 bits per heavy atom. The van der Waals surface area contributed by atoms with Crippen molar-refractivity contribution in [3.05, 3.63) is 66.7 Å². The number of hydrogen-bond acceptors (Lipinski definition) is 4. The molecule has 2 heterocycles. The van der Waals surface area contributed by atoms with Gasteiger partial charge < -0.3 is 14.7 Å². The van der Waals surface area contributed by atoms with Crippen LogP contribution in [-0.2, 0) is 0 Å². The summed E-state index contributed by atoms with van der Waals surface area (Å²) in [6.07, 6.45) is 2.91. The Hall–Kier alpha value is -2.59. The molecular formula is C23H26N2O2. The molecule has 0 spiro atoms. The number of anilines is 1. The van der Waals surface area contributed by atoms with Crippen LogP contribution in [0, 0.1) is 5.41 Å². The minimum Gasteiger partial charge on any atom is -0.494 e. The van der Waals surface area contributed by atoms with Gasteiger partial charge in [0.1, 0.15) is 11.6 Å². The number of pyridine rings is 1. The lowest BCUT2D eigenvalue weighted by molar-refractivity contribution is 0.0792. The molecule has 0 unspecified atom stereocenters. The molecule has 1 aliphatic heterocycles. The molecule has 0 bridgehead atoms. The van der Waals surface area contributed by atoms with Gasteiger partial charge in [-0.25, -0.2) is 4.98 Å². The minimum absolute atomic E-state index is 0.139. The number of aliphatic hydroxyl groups excluding tert-OH is 1. The summed E-state index contributed by atoms with van der Waals surface area (Å²) in [6, 6.07) is 22.3. The Morgan fingerprint density at radius 2 is 1.81 bits per heavy atom. The van der Waals surface area contributed by atoms with E-state index in [-0.39, 0.29) is 12.0 Å². The highest BCUT2D eigenvalue weighted by molar-refractivity contribution is 5.80. The molecule has 1 fully saturated rings. The summed E-state index contributed by atoms with van der Waals surface area (Å²) in [6.45, 7) is 2.58. The van der Waals surface area contributed by atoms with Gasteiger partial charge >= 0.3 is 0 Å². The Kier molecular flexibility index (Phi) is 5.26. The van der Waals surface area contributed by atoms with Crippen molar-refractivity contribution in [2.45, 2.75) is 19.3 Å². The van der Waals surface area contributed by atoms with Crippen LogP contribution in [0.5, 0.6) is 5.75 Å². The smallest absolute Gasteiger partial charge is 0.129 e. The summed E-state index contributed by atoms with van der Waals surface area (Å²) < 4.78 is 5.89. The van der Waals surface area contributed by atoms with E-state index in [9.17, 15) is 5.11 Å². The molecule has 4 heteroatoms. The molecule has 1 atom stereocenters. The standard InChI is InChI=1S/C23H26N2O2/c26-18-23(14-16-27-20-8-2-1-3-9-20)13-6-15-25(17-23)22-12-11-19-7-4-5-10-21(19)24-22/h1-5,7-12,26H,6,13-18H2/t23-/m0/s1. The Morgan fingerprint density at radius 3 is 2.67 bits per heavy atom. The van der Waals surface area contributed by atoms with Crippen LogP contribution in [0.1, 0.15) is 19.3 Å². The highest BCUT2D eigenvalue weighted by Crippen LogP contribution is 2.35. The lowest BCUT2D eigenvalue weighted by Gasteiger charge is -2.42. The number of fused-ring (bicyclic) bond motifs is 1. The van der Waals surface area contributed by atoms with Crippen LogP contribution in [0.15, 0.2) is 66.7 Å². The number of nitrogens with zero attached hydrogens (tertiary/aromatic N) is 2. The van der Waals surface area contributed by atoms with E-state index in [1.807, 2.05) is 42.5 Å². The van der Waals surface area contributed by atoms with E-state index < -0.39 is 0 Å². The molecule has 2 aromatic carbocycles. The third kappa shape index (κ3) is 4.06. The van der Waals surface area contributed by atoms with Crippen LogP contribution in [0.4, 0.5) is 5.82 Å². The summed E-state index contributed by atoms with van der Waals surface area (Å²) in [4.78, 5) is 7.15. The number of rotatable bonds is 6. The predicted octanol–water partition coefficient (Wildman–Crippen LogP) is 4.28. The average Bonchev–Trinajstić information content (AvgIpc) is 2.74. The number of piperidine rings is 1. The first-order chi connectivity index (χ1) is 13.3. The average molecular weight is 362 g/mol. The van der Waals surface area contributed by atoms with Gasteiger partial charge in [-0.05, 0) is 49.6 Å². The lowest BCUT2D eigenvalue weighted by atomic mass is 9.78. The van der Waals surface area contributed by atoms with Gasteiger partial charge in [-0.2, -0.15) is 0 Å². The van der Waals surface area contributed by atoms with E-state index in [0.29, 0.717) is 6.61 Å². The van der Waals surface area contributed by atoms with Crippen molar-refractivity contribution in [1.82, 2.24) is 4.98 Å². The molecule has 0 amide bonds. The van der Waals surface area contributed by atoms with E-state index in [4.69, 9.17) is 9.72 Å². The van der Waals surface area contributed by atoms with Crippen molar-refractivity contribution in [1.29, 1.82) is 0 Å². The maximum Gasteiger partial charge on any atom is 0.129 e. The van der Waals surface area contributed by atoms with Crippen molar-refractivity contribution in [2.75, 3.05) is 31.2 Å². The molecule has 4 rings (SSSR count). The zero-order chi connectivity index (χ0) is 18.5. The summed E-state index contributed by atoms with van der Waals surface area (Å²) in [5.41, 5.74) is 0.878. The predicted molar refractivity (Wildman–Crippen MR) is 109 cm³/mol. The van der Waals surface area contributed by atoms with E-state index in [1.54, 1.807) is 0 Å². The molecule has 0 saturated carbocycles. The minimum atomic E-state index is -0.139. The van der Waals surface area contributed by atoms with Crippen molar-refractivity contribution >= 4 is 16.7 Å². The summed E-state index contributed by atoms with van der Waals surface area (Å²) in [7, 11) is 0. The first kappa shape index (κ1) is 17.8. The SMILES string of the molecule is OC[C@]1(CCOc2ccccc2)CCCN(c2ccc3ccccc3n2)C1. The number of ether oxygens (including phenoxy) is 1. The maximum absolute atomic E-state index is 10.2. The summed E-state index contributed by atoms with van der Waals surface area (Å²) in [5, 5.41) is 11.3. The van der Waals surface area contributed by atoms with Crippen LogP contribution >= 0.6 is 0 Å². The monoisotopic (exact) mass is 362 g/mol. The maximum atomic E-state index is 10.2. The van der Waals surface area contributed by atoms with Crippen molar-refractivity contribution in [2.24, 2.45) is 5.41 Å². The number of para-hydroxylation sites is 2. The van der Waals surface area contributed by atoms with Gasteiger partial charge in [-0.15, -0.1) is 0 Å². The van der Waals surface area contributed by atoms with Gasteiger partial charge in [0, 0.05) is 23.9 Å². The molecule has 1 saturated heterocycles. The molecule has 27 heavy (non-hydrogen) atoms. The highest BCUT2D eigenvalue weighted by Gasteiger charge is 2.35. The van der Waals surface area contributed by atoms with Gasteiger partial charge in [0.05, 0.1) is 18.7 Å². The molecule has 3 aromatic rings. The normalized spacial score (nSPS) is 20.0. The second-order valence-electron chi connectivity index (χ2n) is 7.46. The molecule has 0 aliphatic carbocycles. The van der Waals surface area contributed by atoms with Crippen molar-refractivity contribution in [3.63, 3.8) is 0 Å². The molecule has 1 aliphatic rings. The zero-order valence-electron chi connectivity index (χ0n) is 15.6. The Bertz CT molecular complexity index is 884. The molecule has 140 valence electrons. The van der Waals surface area contributed by atoms with Crippen molar-refractivity contribution in [3.8, 4) is 5.75 Å². The third-order valence-electron chi connectivity index (χ3n) is 5.55. The number of aliphatic hydroxyl groups is 1. The second-order valence-corrected chi connectivity index (χ2v) is 7.46. The first-order valence-electron chi connectivity index (χ1n) is 9.68. The van der Waals surface area contributed by atoms with E-state index in [0.717, 1.165) is 54.8 Å². The number of benzene rings is 2. The molecule has 0 radical (unpaired) electrons. The fourth-order valence-electron chi connectivity index (χ4n) is 3.95. The van der Waals surface area contributed by atoms with Crippen LogP contribution < -0.4 is 9.64 Å². The van der Waals surface area contributed by atoms with E-state index >= 15 is 0 Å². The Balaban J connectivity index is 1.45. The first-order valence-corrected chi connectivity index (χ1v) is 9.68. The van der Waals surface area contributed by atoms with Gasteiger partial charge in [0.2, 0.25) is 0 Å². The number of hydrogen-bond donors (Lipinski definition) is 1. The summed E-state index contributed by atoms with van der Waals surface area (Å²) >= 11 is 0. The van der Waals surface area contributed by atoms with Gasteiger partial charge in [-0.3, -0.25) is 0 Å². The summed E-state index contributed by atoms with van der Waals surface area (Å²) in [5.74, 6) is 1.88. The number of aromatic nitrogens is 1. The third-order valence-corrected chi connectivity index (χ3v) is 5.55. The quantitative estimate of drug-likeness (QED) is 0.711. The molecular weight excluding hydrogens is 336 g/mol. The van der Waals surface area contributed by atoms with Gasteiger partial charge in [0.25, 0.3) is 0 Å². The van der Waals surface area contributed by atoms with Gasteiger partial charge in [0.15, 0.2) is 0 Å². The zero-order valence-corrected chi connectivity index (χ0v) is 15.6. The van der Waals surface area contributed by atoms with Gasteiger partial charge in [-0.1, -0.05) is 36.4 Å². The molecule has 1 aromatic heterocycles. The molecule has 4 nitrogen and oxygen atoms in total. The largest absolute Gasteiger partial charge is 0.494 e. The van der Waals surface area contributed by atoms with E-state index in [2.05, 4.69) is 29.2 Å². The topological polar surface area (TPSA) is 45.6 Å². The van der Waals surface area contributed by atoms with Crippen molar-refractivity contribution < 1.29 is 9.84 Å². The Labute approximate surface area is 160 Å². The molecule has 1 N–H and O–H groups in total. The van der Waals surface area contributed by atoms with E-state index in [1.165, 1.54) is 0 Å². The lowest BCUT2D eigenvalue weighted by Crippen LogP contribution is -2.46. The van der Waals surface area contributed by atoms with Crippen LogP contribution in [0.2, 0.25) is 0 Å². The highest BCUT2D eigenvalue weighted by atomic mass is 16.5. The second kappa shape index (κ2) is 7.97. The fourth-order valence-corrected chi connectivity index (χ4v) is 3.95. The van der Waals surface area contributed by atoms with Crippen LogP contribution in [-0.4, -0.2) is 36.4 Å².